The van der Waals surface area contributed by atoms with Crippen LogP contribution in [0, 0.1) is 13.8 Å². The lowest BCUT2D eigenvalue weighted by atomic mass is 9.90. The molecule has 1 saturated heterocycles. The Morgan fingerprint density at radius 2 is 1.73 bits per heavy atom. The molecule has 6 rings (SSSR count). The minimum Gasteiger partial charge on any atom is -0.369 e. The van der Waals surface area contributed by atoms with Crippen LogP contribution in [0.25, 0.3) is 22.2 Å². The van der Waals surface area contributed by atoms with E-state index in [-0.39, 0.29) is 17.6 Å². The van der Waals surface area contributed by atoms with Crippen LogP contribution in [-0.2, 0) is 0 Å². The van der Waals surface area contributed by atoms with Gasteiger partial charge in [-0.2, -0.15) is 4.98 Å². The summed E-state index contributed by atoms with van der Waals surface area (Å²) >= 11 is 6.60. The fraction of sp³-hybridized carbons (Fsp3) is 0.406. The summed E-state index contributed by atoms with van der Waals surface area (Å²) in [7, 11) is 2.17. The number of aryl methyl sites for hydroxylation is 2. The van der Waals surface area contributed by atoms with Crippen molar-refractivity contribution >= 4 is 40.0 Å². The Morgan fingerprint density at radius 1 is 1.00 bits per heavy atom. The molecule has 0 atom stereocenters. The first-order valence-corrected chi connectivity index (χ1v) is 14.9. The average molecular weight is 572 g/mol. The van der Waals surface area contributed by atoms with E-state index in [9.17, 15) is 4.79 Å². The highest BCUT2D eigenvalue weighted by atomic mass is 35.5. The SMILES string of the molecule is Cc1cc(Nc2ncc3c(C)c(-c4ccccc4Cl)c(=O)n(C4CCC(N)CC4)c3n2)ccc1N1CCN(C)CC1. The highest BCUT2D eigenvalue weighted by molar-refractivity contribution is 6.33. The molecule has 2 fully saturated rings. The lowest BCUT2D eigenvalue weighted by Gasteiger charge is -2.35. The lowest BCUT2D eigenvalue weighted by Crippen LogP contribution is -2.44. The van der Waals surface area contributed by atoms with Gasteiger partial charge in [0.05, 0.1) is 5.56 Å². The number of hydrogen-bond acceptors (Lipinski definition) is 7. The van der Waals surface area contributed by atoms with Crippen LogP contribution in [0.3, 0.4) is 0 Å². The van der Waals surface area contributed by atoms with E-state index in [4.69, 9.17) is 27.3 Å². The van der Waals surface area contributed by atoms with Gasteiger partial charge >= 0.3 is 0 Å². The number of nitrogens with one attached hydrogen (secondary N) is 1. The van der Waals surface area contributed by atoms with Crippen molar-refractivity contribution < 1.29 is 0 Å². The van der Waals surface area contributed by atoms with Gasteiger partial charge in [-0.1, -0.05) is 29.8 Å². The molecule has 3 heterocycles. The average Bonchev–Trinajstić information content (AvgIpc) is 2.96. The third-order valence-electron chi connectivity index (χ3n) is 8.76. The maximum Gasteiger partial charge on any atom is 0.260 e. The number of anilines is 3. The van der Waals surface area contributed by atoms with Crippen LogP contribution in [0.2, 0.25) is 5.02 Å². The smallest absolute Gasteiger partial charge is 0.260 e. The largest absolute Gasteiger partial charge is 0.369 e. The van der Waals surface area contributed by atoms with Crippen LogP contribution < -0.4 is 21.5 Å². The molecule has 0 spiro atoms. The van der Waals surface area contributed by atoms with Crippen LogP contribution >= 0.6 is 11.6 Å². The Kier molecular flexibility index (Phi) is 7.72. The summed E-state index contributed by atoms with van der Waals surface area (Å²) in [5, 5.41) is 4.80. The quantitative estimate of drug-likeness (QED) is 0.319. The maximum absolute atomic E-state index is 14.2. The topological polar surface area (TPSA) is 92.3 Å². The summed E-state index contributed by atoms with van der Waals surface area (Å²) < 4.78 is 1.88. The van der Waals surface area contributed by atoms with Crippen molar-refractivity contribution in [2.45, 2.75) is 51.6 Å². The van der Waals surface area contributed by atoms with Crippen molar-refractivity contribution in [2.75, 3.05) is 43.4 Å². The molecule has 8 nitrogen and oxygen atoms in total. The second-order valence-corrected chi connectivity index (χ2v) is 12.0. The van der Waals surface area contributed by atoms with E-state index >= 15 is 0 Å². The Labute approximate surface area is 246 Å². The molecule has 0 radical (unpaired) electrons. The van der Waals surface area contributed by atoms with E-state index in [1.54, 1.807) is 0 Å². The van der Waals surface area contributed by atoms with Crippen LogP contribution in [0.1, 0.15) is 42.9 Å². The summed E-state index contributed by atoms with van der Waals surface area (Å²) in [5.41, 5.74) is 12.4. The second-order valence-electron chi connectivity index (χ2n) is 11.6. The summed E-state index contributed by atoms with van der Waals surface area (Å²) in [6.07, 6.45) is 5.25. The van der Waals surface area contributed by atoms with Gasteiger partial charge in [0.25, 0.3) is 5.56 Å². The summed E-state index contributed by atoms with van der Waals surface area (Å²) in [6, 6.07) is 14.1. The van der Waals surface area contributed by atoms with Gasteiger partial charge in [0.1, 0.15) is 5.65 Å². The number of likely N-dealkylation sites (N-methyl/N-ethyl adjacent to an activating group) is 1. The molecule has 0 unspecified atom stereocenters. The lowest BCUT2D eigenvalue weighted by molar-refractivity contribution is 0.312. The number of benzene rings is 2. The summed E-state index contributed by atoms with van der Waals surface area (Å²) in [4.78, 5) is 28.7. The number of piperazine rings is 1. The van der Waals surface area contributed by atoms with Gasteiger partial charge < -0.3 is 20.9 Å². The molecule has 2 aliphatic rings. The molecule has 2 aromatic heterocycles. The van der Waals surface area contributed by atoms with Crippen molar-refractivity contribution in [1.82, 2.24) is 19.4 Å². The summed E-state index contributed by atoms with van der Waals surface area (Å²) in [6.45, 7) is 8.28. The Bertz CT molecular complexity index is 1640. The number of aromatic nitrogens is 3. The van der Waals surface area contributed by atoms with Gasteiger partial charge in [0, 0.05) is 71.8 Å². The molecule has 0 amide bonds. The van der Waals surface area contributed by atoms with Crippen LogP contribution in [0.5, 0.6) is 0 Å². The number of nitrogens with zero attached hydrogens (tertiary/aromatic N) is 5. The van der Waals surface area contributed by atoms with Gasteiger partial charge in [-0.05, 0) is 82.0 Å². The molecule has 214 valence electrons. The highest BCUT2D eigenvalue weighted by Crippen LogP contribution is 2.35. The number of nitrogens with two attached hydrogens (primary N) is 1. The van der Waals surface area contributed by atoms with Gasteiger partial charge in [0.2, 0.25) is 5.95 Å². The molecule has 1 aliphatic heterocycles. The molecule has 2 aromatic carbocycles. The van der Waals surface area contributed by atoms with E-state index in [1.807, 2.05) is 42.0 Å². The van der Waals surface area contributed by atoms with Crippen molar-refractivity contribution in [2.24, 2.45) is 5.73 Å². The molecule has 1 aliphatic carbocycles. The van der Waals surface area contributed by atoms with Crippen LogP contribution in [0.4, 0.5) is 17.3 Å². The zero-order valence-corrected chi connectivity index (χ0v) is 24.8. The standard InChI is InChI=1S/C32H38ClN7O/c1-20-18-23(10-13-28(20)39-16-14-38(3)15-17-39)36-32-35-19-26-21(2)29(25-6-4-5-7-27(25)33)31(41)40(30(26)37-32)24-11-8-22(34)9-12-24/h4-7,10,13,18-19,22,24H,8-9,11-12,14-17,34H2,1-3H3,(H,35,36,37). The molecule has 41 heavy (non-hydrogen) atoms. The van der Waals surface area contributed by atoms with E-state index in [1.165, 1.54) is 11.3 Å². The first kappa shape index (κ1) is 27.7. The number of hydrogen-bond donors (Lipinski definition) is 2. The third-order valence-corrected chi connectivity index (χ3v) is 9.08. The van der Waals surface area contributed by atoms with E-state index in [2.05, 4.69) is 47.3 Å². The molecule has 1 saturated carbocycles. The predicted molar refractivity (Wildman–Crippen MR) is 169 cm³/mol. The number of fused-ring (bicyclic) bond motifs is 1. The predicted octanol–water partition coefficient (Wildman–Crippen LogP) is 5.67. The van der Waals surface area contributed by atoms with E-state index in [0.717, 1.165) is 74.1 Å². The van der Waals surface area contributed by atoms with Gasteiger partial charge in [-0.15, -0.1) is 0 Å². The van der Waals surface area contributed by atoms with Crippen molar-refractivity contribution in [3.63, 3.8) is 0 Å². The maximum atomic E-state index is 14.2. The molecule has 0 bridgehead atoms. The van der Waals surface area contributed by atoms with Crippen LogP contribution in [0.15, 0.2) is 53.5 Å². The first-order valence-electron chi connectivity index (χ1n) is 14.5. The zero-order chi connectivity index (χ0) is 28.7. The van der Waals surface area contributed by atoms with Gasteiger partial charge in [-0.3, -0.25) is 9.36 Å². The molecule has 9 heteroatoms. The Morgan fingerprint density at radius 3 is 2.44 bits per heavy atom. The normalized spacial score (nSPS) is 20.0. The summed E-state index contributed by atoms with van der Waals surface area (Å²) in [5.74, 6) is 0.467. The minimum absolute atomic E-state index is 0.0134. The zero-order valence-electron chi connectivity index (χ0n) is 24.0. The molecule has 3 N–H and O–H groups in total. The molecular weight excluding hydrogens is 534 g/mol. The Balaban J connectivity index is 1.40. The van der Waals surface area contributed by atoms with Crippen molar-refractivity contribution in [1.29, 1.82) is 0 Å². The number of halogens is 1. The van der Waals surface area contributed by atoms with Crippen LogP contribution in [-0.4, -0.2) is 58.7 Å². The fourth-order valence-corrected chi connectivity index (χ4v) is 6.57. The fourth-order valence-electron chi connectivity index (χ4n) is 6.34. The number of rotatable bonds is 5. The Hall–Kier alpha value is -3.46. The monoisotopic (exact) mass is 571 g/mol. The van der Waals surface area contributed by atoms with E-state index < -0.39 is 0 Å². The van der Waals surface area contributed by atoms with E-state index in [0.29, 0.717) is 22.2 Å². The van der Waals surface area contributed by atoms with Crippen molar-refractivity contribution in [3.05, 3.63) is 75.2 Å². The molecule has 4 aromatic rings. The third kappa shape index (κ3) is 5.44. The first-order chi connectivity index (χ1) is 19.8. The van der Waals surface area contributed by atoms with Gasteiger partial charge in [-0.25, -0.2) is 4.98 Å². The minimum atomic E-state index is -0.0689. The van der Waals surface area contributed by atoms with Gasteiger partial charge in [0.15, 0.2) is 0 Å². The molecular formula is C32H38ClN7O. The highest BCUT2D eigenvalue weighted by Gasteiger charge is 2.27. The van der Waals surface area contributed by atoms with Crippen molar-refractivity contribution in [3.8, 4) is 11.1 Å². The number of pyridine rings is 1. The second kappa shape index (κ2) is 11.4.